The zero-order valence-electron chi connectivity index (χ0n) is 13.2. The van der Waals surface area contributed by atoms with E-state index < -0.39 is 0 Å². The van der Waals surface area contributed by atoms with Crippen molar-refractivity contribution in [3.63, 3.8) is 0 Å². The van der Waals surface area contributed by atoms with E-state index in [1.54, 1.807) is 6.92 Å². The van der Waals surface area contributed by atoms with E-state index in [4.69, 9.17) is 23.2 Å². The number of anilines is 1. The summed E-state index contributed by atoms with van der Waals surface area (Å²) in [6, 6.07) is 11.9. The first kappa shape index (κ1) is 15.7. The molecule has 122 valence electrons. The van der Waals surface area contributed by atoms with Gasteiger partial charge in [-0.2, -0.15) is 0 Å². The van der Waals surface area contributed by atoms with Crippen molar-refractivity contribution < 1.29 is 4.79 Å². The molecular formula is C20H17Cl2NO. The van der Waals surface area contributed by atoms with Crippen LogP contribution in [-0.4, -0.2) is 5.78 Å². The van der Waals surface area contributed by atoms with E-state index in [0.717, 1.165) is 23.2 Å². The third-order valence-corrected chi connectivity index (χ3v) is 5.81. The molecule has 0 bridgehead atoms. The molecule has 0 aromatic heterocycles. The summed E-state index contributed by atoms with van der Waals surface area (Å²) >= 11 is 12.3. The predicted octanol–water partition coefficient (Wildman–Crippen LogP) is 6.02. The average Bonchev–Trinajstić information content (AvgIpc) is 3.06. The van der Waals surface area contributed by atoms with Gasteiger partial charge in [-0.1, -0.05) is 41.4 Å². The lowest BCUT2D eigenvalue weighted by Crippen LogP contribution is -2.29. The van der Waals surface area contributed by atoms with Gasteiger partial charge in [0, 0.05) is 17.2 Å². The maximum Gasteiger partial charge on any atom is 0.159 e. The van der Waals surface area contributed by atoms with E-state index in [1.807, 2.05) is 36.4 Å². The highest BCUT2D eigenvalue weighted by molar-refractivity contribution is 6.42. The Morgan fingerprint density at radius 1 is 1.12 bits per heavy atom. The largest absolute Gasteiger partial charge is 0.378 e. The number of Topliss-reactive ketones (excluding diaryl/α,β-unsaturated/α-hetero) is 1. The van der Waals surface area contributed by atoms with Gasteiger partial charge < -0.3 is 5.32 Å². The average molecular weight is 358 g/mol. The highest BCUT2D eigenvalue weighted by Crippen LogP contribution is 2.50. The van der Waals surface area contributed by atoms with Crippen molar-refractivity contribution in [2.75, 3.05) is 5.32 Å². The molecule has 1 aliphatic heterocycles. The monoisotopic (exact) mass is 357 g/mol. The Morgan fingerprint density at radius 2 is 1.96 bits per heavy atom. The Kier molecular flexibility index (Phi) is 3.90. The number of rotatable bonds is 2. The van der Waals surface area contributed by atoms with Crippen LogP contribution in [0.1, 0.15) is 46.8 Å². The van der Waals surface area contributed by atoms with Crippen molar-refractivity contribution in [1.29, 1.82) is 0 Å². The second-order valence-electron chi connectivity index (χ2n) is 6.51. The Bertz CT molecular complexity index is 859. The van der Waals surface area contributed by atoms with Gasteiger partial charge >= 0.3 is 0 Å². The Labute approximate surface area is 151 Å². The van der Waals surface area contributed by atoms with Crippen LogP contribution < -0.4 is 5.32 Å². The minimum Gasteiger partial charge on any atom is -0.378 e. The summed E-state index contributed by atoms with van der Waals surface area (Å²) in [5.74, 6) is 0.833. The van der Waals surface area contributed by atoms with Crippen molar-refractivity contribution in [1.82, 2.24) is 0 Å². The van der Waals surface area contributed by atoms with Gasteiger partial charge in [0.15, 0.2) is 5.78 Å². The third-order valence-electron chi connectivity index (χ3n) is 5.07. The Morgan fingerprint density at radius 3 is 2.71 bits per heavy atom. The molecule has 2 aromatic carbocycles. The molecule has 1 N–H and O–H groups in total. The van der Waals surface area contributed by atoms with E-state index in [2.05, 4.69) is 17.5 Å². The number of allylic oxidation sites excluding steroid dienone is 2. The quantitative estimate of drug-likeness (QED) is 0.525. The number of benzene rings is 2. The SMILES string of the molecule is CC(=O)c1ccc2c(c1)[C@@H]1C=CC[C@H]1[C@H](c1ccc(Cl)c(Cl)c1)N2. The van der Waals surface area contributed by atoms with E-state index in [0.29, 0.717) is 21.9 Å². The molecule has 1 heterocycles. The van der Waals surface area contributed by atoms with Crippen molar-refractivity contribution >= 4 is 34.7 Å². The standard InChI is InChI=1S/C20H17Cl2NO/c1-11(24)12-6-8-19-16(9-12)14-3-2-4-15(14)20(23-19)13-5-7-17(21)18(22)10-13/h2-3,5-10,14-15,20,23H,4H2,1H3/t14-,15-,20+/m1/s1. The maximum atomic E-state index is 11.7. The van der Waals surface area contributed by atoms with Gasteiger partial charge in [0.25, 0.3) is 0 Å². The number of fused-ring (bicyclic) bond motifs is 3. The molecule has 24 heavy (non-hydrogen) atoms. The Balaban J connectivity index is 1.78. The molecule has 2 aliphatic rings. The van der Waals surface area contributed by atoms with Gasteiger partial charge in [0.2, 0.25) is 0 Å². The van der Waals surface area contributed by atoms with E-state index in [-0.39, 0.29) is 11.8 Å². The molecule has 0 saturated heterocycles. The maximum absolute atomic E-state index is 11.7. The summed E-state index contributed by atoms with van der Waals surface area (Å²) < 4.78 is 0. The Hall–Kier alpha value is -1.77. The van der Waals surface area contributed by atoms with Crippen LogP contribution in [0.4, 0.5) is 5.69 Å². The number of hydrogen-bond acceptors (Lipinski definition) is 2. The predicted molar refractivity (Wildman–Crippen MR) is 99.3 cm³/mol. The van der Waals surface area contributed by atoms with Crippen LogP contribution >= 0.6 is 23.2 Å². The summed E-state index contributed by atoms with van der Waals surface area (Å²) in [6.45, 7) is 1.61. The number of ketones is 1. The van der Waals surface area contributed by atoms with Crippen LogP contribution in [-0.2, 0) is 0 Å². The number of carbonyl (C=O) groups excluding carboxylic acids is 1. The lowest BCUT2D eigenvalue weighted by molar-refractivity contribution is 0.101. The van der Waals surface area contributed by atoms with E-state index in [1.165, 1.54) is 5.56 Å². The zero-order valence-corrected chi connectivity index (χ0v) is 14.7. The lowest BCUT2D eigenvalue weighted by atomic mass is 9.76. The number of halogens is 2. The van der Waals surface area contributed by atoms with Crippen molar-refractivity contribution in [3.05, 3.63) is 75.3 Å². The molecule has 0 radical (unpaired) electrons. The number of hydrogen-bond donors (Lipinski definition) is 1. The summed E-state index contributed by atoms with van der Waals surface area (Å²) in [7, 11) is 0. The van der Waals surface area contributed by atoms with Crippen molar-refractivity contribution in [3.8, 4) is 0 Å². The number of nitrogens with one attached hydrogen (secondary N) is 1. The molecule has 0 amide bonds. The van der Waals surface area contributed by atoms with Gasteiger partial charge in [-0.3, -0.25) is 4.79 Å². The van der Waals surface area contributed by atoms with Crippen LogP contribution in [0.15, 0.2) is 48.6 Å². The summed E-state index contributed by atoms with van der Waals surface area (Å²) in [5, 5.41) is 4.80. The van der Waals surface area contributed by atoms with Gasteiger partial charge in [-0.05, 0) is 60.7 Å². The summed E-state index contributed by atoms with van der Waals surface area (Å²) in [5.41, 5.74) is 4.20. The first-order chi connectivity index (χ1) is 11.5. The number of carbonyl (C=O) groups is 1. The van der Waals surface area contributed by atoms with Gasteiger partial charge in [0.05, 0.1) is 16.1 Å². The van der Waals surface area contributed by atoms with Crippen LogP contribution in [0.5, 0.6) is 0 Å². The highest BCUT2D eigenvalue weighted by Gasteiger charge is 2.38. The van der Waals surface area contributed by atoms with Crippen LogP contribution in [0, 0.1) is 5.92 Å². The molecule has 2 aromatic rings. The summed E-state index contributed by atoms with van der Waals surface area (Å²) in [6.07, 6.45) is 5.50. The van der Waals surface area contributed by atoms with E-state index in [9.17, 15) is 4.79 Å². The van der Waals surface area contributed by atoms with Gasteiger partial charge in [0.1, 0.15) is 0 Å². The van der Waals surface area contributed by atoms with E-state index >= 15 is 0 Å². The molecule has 0 saturated carbocycles. The molecule has 2 nitrogen and oxygen atoms in total. The molecule has 4 heteroatoms. The van der Waals surface area contributed by atoms with Crippen LogP contribution in [0.3, 0.4) is 0 Å². The minimum absolute atomic E-state index is 0.0999. The first-order valence-corrected chi connectivity index (χ1v) is 8.83. The molecule has 0 unspecified atom stereocenters. The minimum atomic E-state index is 0.0999. The molecular weight excluding hydrogens is 341 g/mol. The highest BCUT2D eigenvalue weighted by atomic mass is 35.5. The van der Waals surface area contributed by atoms with Gasteiger partial charge in [-0.15, -0.1) is 0 Å². The first-order valence-electron chi connectivity index (χ1n) is 8.07. The molecule has 4 rings (SSSR count). The zero-order chi connectivity index (χ0) is 16.8. The van der Waals surface area contributed by atoms with Crippen molar-refractivity contribution in [2.45, 2.75) is 25.3 Å². The van der Waals surface area contributed by atoms with Crippen LogP contribution in [0.2, 0.25) is 10.0 Å². The molecule has 1 aliphatic carbocycles. The van der Waals surface area contributed by atoms with Gasteiger partial charge in [-0.25, -0.2) is 0 Å². The van der Waals surface area contributed by atoms with Crippen molar-refractivity contribution in [2.24, 2.45) is 5.92 Å². The molecule has 0 spiro atoms. The normalized spacial score (nSPS) is 24.2. The second kappa shape index (κ2) is 5.94. The summed E-state index contributed by atoms with van der Waals surface area (Å²) in [4.78, 5) is 11.7. The fraction of sp³-hybridized carbons (Fsp3) is 0.250. The molecule has 0 fully saturated rings. The lowest BCUT2D eigenvalue weighted by Gasteiger charge is -2.37. The van der Waals surface area contributed by atoms with Crippen LogP contribution in [0.25, 0.3) is 0 Å². The smallest absolute Gasteiger partial charge is 0.159 e. The fourth-order valence-corrected chi connectivity index (χ4v) is 4.16. The topological polar surface area (TPSA) is 29.1 Å². The fourth-order valence-electron chi connectivity index (χ4n) is 3.85. The molecule has 3 atom stereocenters. The third kappa shape index (κ3) is 2.54. The second-order valence-corrected chi connectivity index (χ2v) is 7.32.